The van der Waals surface area contributed by atoms with Crippen molar-refractivity contribution in [3.63, 3.8) is 0 Å². The van der Waals surface area contributed by atoms with Crippen molar-refractivity contribution in [1.82, 2.24) is 0 Å². The maximum absolute atomic E-state index is 13.2. The van der Waals surface area contributed by atoms with E-state index in [0.29, 0.717) is 5.69 Å². The van der Waals surface area contributed by atoms with Crippen LogP contribution in [0.3, 0.4) is 0 Å². The number of hydrogen-bond donors (Lipinski definition) is 3. The quantitative estimate of drug-likeness (QED) is 0.296. The summed E-state index contributed by atoms with van der Waals surface area (Å²) >= 11 is 0. The molecule has 0 atom stereocenters. The number of para-hydroxylation sites is 1. The van der Waals surface area contributed by atoms with Crippen LogP contribution in [0.15, 0.2) is 23.4 Å². The number of nitrogens with one attached hydrogen (secondary N) is 1. The molecule has 0 aliphatic heterocycles. The summed E-state index contributed by atoms with van der Waals surface area (Å²) in [5, 5.41) is 13.8. The number of amidine groups is 1. The lowest BCUT2D eigenvalue weighted by atomic mass is 10.2. The molecule has 4 N–H and O–H groups in total. The zero-order valence-corrected chi connectivity index (χ0v) is 7.79. The summed E-state index contributed by atoms with van der Waals surface area (Å²) in [7, 11) is 0. The first kappa shape index (κ1) is 10.3. The number of nitrogens with two attached hydrogens (primary N) is 1. The lowest BCUT2D eigenvalue weighted by Crippen LogP contribution is -2.23. The average Bonchev–Trinajstić information content (AvgIpc) is 2.16. The van der Waals surface area contributed by atoms with Gasteiger partial charge in [-0.25, -0.2) is 4.39 Å². The van der Waals surface area contributed by atoms with Crippen LogP contribution in [-0.2, 0) is 0 Å². The third kappa shape index (κ3) is 2.35. The molecule has 76 valence electrons. The van der Waals surface area contributed by atoms with Crippen LogP contribution in [0.1, 0.15) is 5.56 Å². The van der Waals surface area contributed by atoms with Gasteiger partial charge < -0.3 is 16.3 Å². The Morgan fingerprint density at radius 2 is 2.36 bits per heavy atom. The van der Waals surface area contributed by atoms with Crippen LogP contribution in [0.4, 0.5) is 10.1 Å². The molecule has 0 aliphatic rings. The maximum atomic E-state index is 13.2. The Bertz CT molecular complexity index is 332. The van der Waals surface area contributed by atoms with Crippen LogP contribution in [0.25, 0.3) is 0 Å². The molecule has 0 saturated heterocycles. The maximum Gasteiger partial charge on any atom is 0.158 e. The van der Waals surface area contributed by atoms with Crippen molar-refractivity contribution >= 4 is 11.5 Å². The molecule has 0 fully saturated rings. The van der Waals surface area contributed by atoms with Gasteiger partial charge in [-0.2, -0.15) is 0 Å². The van der Waals surface area contributed by atoms with Crippen molar-refractivity contribution < 1.29 is 9.60 Å². The lowest BCUT2D eigenvalue weighted by molar-refractivity contribution is 0.317. The van der Waals surface area contributed by atoms with Gasteiger partial charge >= 0.3 is 0 Å². The summed E-state index contributed by atoms with van der Waals surface area (Å²) in [6, 6.07) is 4.75. The normalized spacial score (nSPS) is 11.4. The Labute approximate surface area is 81.2 Å². The van der Waals surface area contributed by atoms with Crippen molar-refractivity contribution in [3.05, 3.63) is 29.6 Å². The largest absolute Gasteiger partial charge is 0.409 e. The molecule has 0 aliphatic carbocycles. The molecule has 0 saturated carbocycles. The predicted molar refractivity (Wildman–Crippen MR) is 53.0 cm³/mol. The Morgan fingerprint density at radius 1 is 1.64 bits per heavy atom. The predicted octanol–water partition coefficient (Wildman–Crippen LogP) is 1.29. The second-order valence-corrected chi connectivity index (χ2v) is 2.88. The summed E-state index contributed by atoms with van der Waals surface area (Å²) < 4.78 is 13.2. The van der Waals surface area contributed by atoms with Gasteiger partial charge in [0.25, 0.3) is 0 Å². The number of halogens is 1. The van der Waals surface area contributed by atoms with Crippen LogP contribution in [-0.4, -0.2) is 17.6 Å². The molecule has 0 unspecified atom stereocenters. The molecular formula is C9H12FN3O. The van der Waals surface area contributed by atoms with E-state index in [4.69, 9.17) is 10.9 Å². The van der Waals surface area contributed by atoms with E-state index in [1.165, 1.54) is 6.07 Å². The van der Waals surface area contributed by atoms with E-state index in [1.54, 1.807) is 19.1 Å². The minimum atomic E-state index is -0.351. The van der Waals surface area contributed by atoms with Gasteiger partial charge in [0.05, 0.1) is 12.2 Å². The van der Waals surface area contributed by atoms with Gasteiger partial charge in [0, 0.05) is 0 Å². The Kier molecular flexibility index (Phi) is 3.28. The molecule has 14 heavy (non-hydrogen) atoms. The van der Waals surface area contributed by atoms with Crippen LogP contribution >= 0.6 is 0 Å². The zero-order valence-electron chi connectivity index (χ0n) is 7.79. The van der Waals surface area contributed by atoms with Crippen molar-refractivity contribution in [1.29, 1.82) is 0 Å². The summed E-state index contributed by atoms with van der Waals surface area (Å²) in [5.41, 5.74) is 6.38. The van der Waals surface area contributed by atoms with E-state index in [2.05, 4.69) is 10.5 Å². The first-order valence-corrected chi connectivity index (χ1v) is 4.10. The zero-order chi connectivity index (χ0) is 10.6. The van der Waals surface area contributed by atoms with Crippen LogP contribution < -0.4 is 11.1 Å². The van der Waals surface area contributed by atoms with Gasteiger partial charge in [-0.05, 0) is 18.6 Å². The van der Waals surface area contributed by atoms with Gasteiger partial charge in [0.2, 0.25) is 0 Å². The molecule has 1 aromatic rings. The smallest absolute Gasteiger partial charge is 0.158 e. The molecule has 4 nitrogen and oxygen atoms in total. The number of benzene rings is 1. The summed E-state index contributed by atoms with van der Waals surface area (Å²) in [6.07, 6.45) is 0. The van der Waals surface area contributed by atoms with Gasteiger partial charge in [0.1, 0.15) is 5.82 Å². The van der Waals surface area contributed by atoms with Crippen molar-refractivity contribution in [2.24, 2.45) is 10.9 Å². The molecule has 0 heterocycles. The first-order chi connectivity index (χ1) is 6.65. The number of anilines is 1. The molecule has 0 aromatic heterocycles. The van der Waals surface area contributed by atoms with Crippen molar-refractivity contribution in [3.8, 4) is 0 Å². The van der Waals surface area contributed by atoms with Gasteiger partial charge in [0.15, 0.2) is 5.84 Å². The van der Waals surface area contributed by atoms with Gasteiger partial charge in [-0.3, -0.25) is 0 Å². The molecule has 0 bridgehead atoms. The topological polar surface area (TPSA) is 70.6 Å². The Morgan fingerprint density at radius 3 is 2.93 bits per heavy atom. The molecule has 5 heteroatoms. The SMILES string of the molecule is Cc1cccc(F)c1NC/C(N)=N/O. The number of nitrogens with zero attached hydrogens (tertiary/aromatic N) is 1. The molecular weight excluding hydrogens is 185 g/mol. The fourth-order valence-electron chi connectivity index (χ4n) is 1.07. The minimum absolute atomic E-state index is 0.00709. The Hall–Kier alpha value is -1.78. The second kappa shape index (κ2) is 4.45. The van der Waals surface area contributed by atoms with E-state index in [0.717, 1.165) is 5.56 Å². The van der Waals surface area contributed by atoms with Crippen LogP contribution in [0.5, 0.6) is 0 Å². The molecule has 0 amide bonds. The minimum Gasteiger partial charge on any atom is -0.409 e. The van der Waals surface area contributed by atoms with Crippen LogP contribution in [0, 0.1) is 12.7 Å². The molecule has 1 rings (SSSR count). The third-order valence-corrected chi connectivity index (χ3v) is 1.80. The number of rotatable bonds is 3. The van der Waals surface area contributed by atoms with Crippen LogP contribution in [0.2, 0.25) is 0 Å². The number of hydrogen-bond acceptors (Lipinski definition) is 3. The highest BCUT2D eigenvalue weighted by Gasteiger charge is 2.04. The van der Waals surface area contributed by atoms with Gasteiger partial charge in [-0.1, -0.05) is 17.3 Å². The molecule has 0 radical (unpaired) electrons. The number of oxime groups is 1. The highest BCUT2D eigenvalue weighted by atomic mass is 19.1. The van der Waals surface area contributed by atoms with E-state index < -0.39 is 0 Å². The van der Waals surface area contributed by atoms with E-state index >= 15 is 0 Å². The fraction of sp³-hybridized carbons (Fsp3) is 0.222. The summed E-state index contributed by atoms with van der Waals surface area (Å²) in [5.74, 6) is -0.344. The highest BCUT2D eigenvalue weighted by Crippen LogP contribution is 2.17. The van der Waals surface area contributed by atoms with E-state index in [1.807, 2.05) is 0 Å². The van der Waals surface area contributed by atoms with E-state index in [-0.39, 0.29) is 18.2 Å². The summed E-state index contributed by atoms with van der Waals surface area (Å²) in [6.45, 7) is 1.88. The fourth-order valence-corrected chi connectivity index (χ4v) is 1.07. The molecule has 0 spiro atoms. The van der Waals surface area contributed by atoms with Crippen molar-refractivity contribution in [2.75, 3.05) is 11.9 Å². The first-order valence-electron chi connectivity index (χ1n) is 4.10. The monoisotopic (exact) mass is 197 g/mol. The average molecular weight is 197 g/mol. The third-order valence-electron chi connectivity index (χ3n) is 1.80. The lowest BCUT2D eigenvalue weighted by Gasteiger charge is -2.09. The number of aryl methyl sites for hydroxylation is 1. The standard InChI is InChI=1S/C9H12FN3O/c1-6-3-2-4-7(10)9(6)12-5-8(11)13-14/h2-4,12,14H,5H2,1H3,(H2,11,13). The van der Waals surface area contributed by atoms with E-state index in [9.17, 15) is 4.39 Å². The summed E-state index contributed by atoms with van der Waals surface area (Å²) in [4.78, 5) is 0. The molecule has 1 aromatic carbocycles. The second-order valence-electron chi connectivity index (χ2n) is 2.88. The Balaban J connectivity index is 2.76. The highest BCUT2D eigenvalue weighted by molar-refractivity contribution is 5.84. The van der Waals surface area contributed by atoms with Crippen molar-refractivity contribution in [2.45, 2.75) is 6.92 Å². The van der Waals surface area contributed by atoms with Gasteiger partial charge in [-0.15, -0.1) is 0 Å².